The summed E-state index contributed by atoms with van der Waals surface area (Å²) < 4.78 is 5.18. The molecule has 0 unspecified atom stereocenters. The van der Waals surface area contributed by atoms with E-state index in [1.807, 2.05) is 12.1 Å². The Morgan fingerprint density at radius 2 is 2.04 bits per heavy atom. The molecule has 1 aliphatic rings. The van der Waals surface area contributed by atoms with Crippen LogP contribution in [0.1, 0.15) is 55.4 Å². The van der Waals surface area contributed by atoms with E-state index < -0.39 is 5.97 Å². The molecule has 1 aromatic rings. The number of carboxylic acids is 1. The molecule has 1 aromatic carbocycles. The first-order valence-corrected chi connectivity index (χ1v) is 8.24. The Morgan fingerprint density at radius 1 is 1.29 bits per heavy atom. The van der Waals surface area contributed by atoms with Crippen LogP contribution in [-0.2, 0) is 27.4 Å². The van der Waals surface area contributed by atoms with E-state index in [-0.39, 0.29) is 12.6 Å². The number of rotatable bonds is 5. The second kappa shape index (κ2) is 7.95. The fourth-order valence-corrected chi connectivity index (χ4v) is 3.46. The summed E-state index contributed by atoms with van der Waals surface area (Å²) >= 11 is 0. The predicted molar refractivity (Wildman–Crippen MR) is 93.6 cm³/mol. The second-order valence-corrected chi connectivity index (χ2v) is 6.49. The molecule has 4 heteroatoms. The molecule has 0 heterocycles. The van der Waals surface area contributed by atoms with Crippen LogP contribution in [0.5, 0.6) is 0 Å². The third kappa shape index (κ3) is 4.57. The largest absolute Gasteiger partial charge is 0.478 e. The lowest BCUT2D eigenvalue weighted by molar-refractivity contribution is -0.142. The highest BCUT2D eigenvalue weighted by Gasteiger charge is 2.24. The molecule has 0 saturated heterocycles. The maximum atomic E-state index is 11.1. The van der Waals surface area contributed by atoms with Crippen molar-refractivity contribution < 1.29 is 19.4 Å². The van der Waals surface area contributed by atoms with Gasteiger partial charge in [-0.1, -0.05) is 44.2 Å². The molecular formula is C20H24O4. The first kappa shape index (κ1) is 18.0. The molecule has 24 heavy (non-hydrogen) atoms. The highest BCUT2D eigenvalue weighted by atomic mass is 16.5. The molecule has 0 spiro atoms. The van der Waals surface area contributed by atoms with Gasteiger partial charge in [0.15, 0.2) is 0 Å². The molecule has 0 aromatic heterocycles. The van der Waals surface area contributed by atoms with Gasteiger partial charge in [0, 0.05) is 13.0 Å². The van der Waals surface area contributed by atoms with Gasteiger partial charge in [-0.15, -0.1) is 0 Å². The molecule has 0 amide bonds. The fraction of sp³-hybridized carbons (Fsp3) is 0.400. The van der Waals surface area contributed by atoms with Gasteiger partial charge >= 0.3 is 11.9 Å². The van der Waals surface area contributed by atoms with E-state index in [4.69, 9.17) is 9.84 Å². The van der Waals surface area contributed by atoms with E-state index in [1.165, 1.54) is 24.1 Å². The number of fused-ring (bicyclic) bond motifs is 1. The first-order valence-electron chi connectivity index (χ1n) is 8.24. The van der Waals surface area contributed by atoms with E-state index >= 15 is 0 Å². The van der Waals surface area contributed by atoms with Crippen molar-refractivity contribution in [3.8, 4) is 0 Å². The van der Waals surface area contributed by atoms with E-state index in [0.717, 1.165) is 30.0 Å². The molecule has 0 saturated carbocycles. The highest BCUT2D eigenvalue weighted by Crippen LogP contribution is 2.38. The zero-order valence-electron chi connectivity index (χ0n) is 14.4. The van der Waals surface area contributed by atoms with E-state index in [1.54, 1.807) is 6.08 Å². The summed E-state index contributed by atoms with van der Waals surface area (Å²) in [4.78, 5) is 21.7. The Morgan fingerprint density at radius 3 is 2.71 bits per heavy atom. The SMILES string of the molecule is CC(=O)OCc1ccc2c(c1/C=C/C=C/C(=O)O)[C@H](C)C[C@H](C)C2. The Labute approximate surface area is 142 Å². The van der Waals surface area contributed by atoms with Crippen LogP contribution in [0.4, 0.5) is 0 Å². The highest BCUT2D eigenvalue weighted by molar-refractivity contribution is 5.80. The lowest BCUT2D eigenvalue weighted by Gasteiger charge is -2.30. The maximum absolute atomic E-state index is 11.1. The molecule has 2 atom stereocenters. The third-order valence-electron chi connectivity index (χ3n) is 4.33. The molecule has 0 bridgehead atoms. The number of hydrogen-bond acceptors (Lipinski definition) is 3. The Balaban J connectivity index is 2.42. The molecule has 4 nitrogen and oxygen atoms in total. The van der Waals surface area contributed by atoms with Crippen LogP contribution in [0.25, 0.3) is 6.08 Å². The second-order valence-electron chi connectivity index (χ2n) is 6.49. The third-order valence-corrected chi connectivity index (χ3v) is 4.33. The van der Waals surface area contributed by atoms with Gasteiger partial charge in [0.25, 0.3) is 0 Å². The van der Waals surface area contributed by atoms with Gasteiger partial charge in [-0.25, -0.2) is 4.79 Å². The Kier molecular flexibility index (Phi) is 5.96. The van der Waals surface area contributed by atoms with Crippen LogP contribution in [0, 0.1) is 5.92 Å². The number of carbonyl (C=O) groups is 2. The van der Waals surface area contributed by atoms with Crippen LogP contribution >= 0.6 is 0 Å². The van der Waals surface area contributed by atoms with Gasteiger partial charge in [-0.3, -0.25) is 4.79 Å². The van der Waals surface area contributed by atoms with E-state index in [2.05, 4.69) is 19.9 Å². The summed E-state index contributed by atoms with van der Waals surface area (Å²) in [6.45, 7) is 6.10. The topological polar surface area (TPSA) is 63.6 Å². The Hall–Kier alpha value is -2.36. The van der Waals surface area contributed by atoms with Gasteiger partial charge < -0.3 is 9.84 Å². The minimum absolute atomic E-state index is 0.229. The summed E-state index contributed by atoms with van der Waals surface area (Å²) in [5, 5.41) is 8.70. The van der Waals surface area contributed by atoms with Crippen LogP contribution in [0.15, 0.2) is 30.4 Å². The summed E-state index contributed by atoms with van der Waals surface area (Å²) in [6.07, 6.45) is 8.42. The standard InChI is InChI=1S/C20H24O4/c1-13-10-14(2)20-16(11-13)8-9-17(12-24-15(3)21)18(20)6-4-5-7-19(22)23/h4-9,13-14H,10-12H2,1-3H3,(H,22,23)/b6-4+,7-5+/t13-,14+/m0/s1. The zero-order valence-corrected chi connectivity index (χ0v) is 14.4. The van der Waals surface area contributed by atoms with Gasteiger partial charge in [0.2, 0.25) is 0 Å². The number of benzene rings is 1. The van der Waals surface area contributed by atoms with Gasteiger partial charge in [-0.2, -0.15) is 0 Å². The molecule has 0 fully saturated rings. The summed E-state index contributed by atoms with van der Waals surface area (Å²) in [6, 6.07) is 4.14. The minimum Gasteiger partial charge on any atom is -0.478 e. The van der Waals surface area contributed by atoms with Crippen molar-refractivity contribution in [2.24, 2.45) is 5.92 Å². The molecule has 0 radical (unpaired) electrons. The fourth-order valence-electron chi connectivity index (χ4n) is 3.46. The number of carboxylic acid groups (broad SMARTS) is 1. The quantitative estimate of drug-likeness (QED) is 0.502. The molecule has 1 N–H and O–H groups in total. The first-order chi connectivity index (χ1) is 11.4. The minimum atomic E-state index is -0.975. The number of hydrogen-bond donors (Lipinski definition) is 1. The van der Waals surface area contributed by atoms with E-state index in [0.29, 0.717) is 11.8 Å². The van der Waals surface area contributed by atoms with Gasteiger partial charge in [0.05, 0.1) is 0 Å². The van der Waals surface area contributed by atoms with Crippen LogP contribution in [0.3, 0.4) is 0 Å². The van der Waals surface area contributed by atoms with Crippen molar-refractivity contribution in [1.82, 2.24) is 0 Å². The normalized spacial score (nSPS) is 20.3. The molecular weight excluding hydrogens is 304 g/mol. The van der Waals surface area contributed by atoms with Crippen molar-refractivity contribution in [3.63, 3.8) is 0 Å². The summed E-state index contributed by atoms with van der Waals surface area (Å²) in [7, 11) is 0. The van der Waals surface area contributed by atoms with Crippen molar-refractivity contribution in [1.29, 1.82) is 0 Å². The van der Waals surface area contributed by atoms with Crippen molar-refractivity contribution >= 4 is 18.0 Å². The zero-order chi connectivity index (χ0) is 17.7. The average Bonchev–Trinajstić information content (AvgIpc) is 2.49. The number of ether oxygens (including phenoxy) is 1. The van der Waals surface area contributed by atoms with Gasteiger partial charge in [0.1, 0.15) is 6.61 Å². The molecule has 1 aliphatic carbocycles. The molecule has 128 valence electrons. The van der Waals surface area contributed by atoms with Crippen molar-refractivity contribution in [2.45, 2.75) is 46.1 Å². The number of carbonyl (C=O) groups excluding carboxylic acids is 1. The number of allylic oxidation sites excluding steroid dienone is 2. The lowest BCUT2D eigenvalue weighted by Crippen LogP contribution is -2.17. The monoisotopic (exact) mass is 328 g/mol. The van der Waals surface area contributed by atoms with Crippen molar-refractivity contribution in [2.75, 3.05) is 0 Å². The van der Waals surface area contributed by atoms with Crippen molar-refractivity contribution in [3.05, 3.63) is 52.6 Å². The summed E-state index contributed by atoms with van der Waals surface area (Å²) in [5.41, 5.74) is 4.61. The average molecular weight is 328 g/mol. The number of esters is 1. The number of aliphatic carboxylic acids is 1. The summed E-state index contributed by atoms with van der Waals surface area (Å²) in [5.74, 6) is -0.216. The van der Waals surface area contributed by atoms with E-state index in [9.17, 15) is 9.59 Å². The van der Waals surface area contributed by atoms with Crippen LogP contribution < -0.4 is 0 Å². The van der Waals surface area contributed by atoms with Gasteiger partial charge in [-0.05, 0) is 46.9 Å². The predicted octanol–water partition coefficient (Wildman–Crippen LogP) is 4.09. The Bertz CT molecular complexity index is 685. The van der Waals surface area contributed by atoms with Crippen LogP contribution in [0.2, 0.25) is 0 Å². The lowest BCUT2D eigenvalue weighted by atomic mass is 9.75. The molecule has 0 aliphatic heterocycles. The smallest absolute Gasteiger partial charge is 0.328 e. The maximum Gasteiger partial charge on any atom is 0.328 e. The molecule has 2 rings (SSSR count). The van der Waals surface area contributed by atoms with Crippen LogP contribution in [-0.4, -0.2) is 17.0 Å².